The van der Waals surface area contributed by atoms with Crippen molar-refractivity contribution in [1.82, 2.24) is 14.9 Å². The van der Waals surface area contributed by atoms with Crippen LogP contribution in [0.3, 0.4) is 0 Å². The monoisotopic (exact) mass is 367 g/mol. The minimum Gasteiger partial charge on any atom is -0.465 e. The van der Waals surface area contributed by atoms with Crippen LogP contribution in [0.15, 0.2) is 35.0 Å². The fraction of sp³-hybridized carbons (Fsp3) is 0.450. The molecule has 2 saturated heterocycles. The minimum absolute atomic E-state index is 0.00830. The molecule has 7 nitrogen and oxygen atoms in total. The Labute approximate surface area is 159 Å². The number of hydrogen-bond acceptors (Lipinski definition) is 6. The standard InChI is InChI=1S/C20H25N5O2/c1-16-15-18(23-8-2-3-9-23)22-20(21-16)25-12-10-24(11-13-25)19(26)7-6-17-5-4-14-27-17/h4-7,14-15H,2-3,8-13H2,1H3/b7-6+. The predicted molar refractivity (Wildman–Crippen MR) is 105 cm³/mol. The number of carbonyl (C=O) groups is 1. The predicted octanol–water partition coefficient (Wildman–Crippen LogP) is 2.34. The number of piperazine rings is 1. The number of carbonyl (C=O) groups excluding carboxylic acids is 1. The molecule has 0 N–H and O–H groups in total. The van der Waals surface area contributed by atoms with Crippen molar-refractivity contribution in [2.75, 3.05) is 49.1 Å². The molecule has 0 atom stereocenters. The van der Waals surface area contributed by atoms with Gasteiger partial charge in [-0.1, -0.05) is 0 Å². The molecule has 7 heteroatoms. The number of furan rings is 1. The highest BCUT2D eigenvalue weighted by atomic mass is 16.3. The molecule has 2 aliphatic heterocycles. The molecule has 0 bridgehead atoms. The fourth-order valence-corrected chi connectivity index (χ4v) is 3.56. The number of anilines is 2. The highest BCUT2D eigenvalue weighted by molar-refractivity contribution is 5.91. The van der Waals surface area contributed by atoms with Crippen molar-refractivity contribution in [2.45, 2.75) is 19.8 Å². The Bertz CT molecular complexity index is 804. The Morgan fingerprint density at radius 1 is 1.07 bits per heavy atom. The van der Waals surface area contributed by atoms with E-state index >= 15 is 0 Å². The first-order valence-electron chi connectivity index (χ1n) is 9.55. The number of amides is 1. The zero-order valence-electron chi connectivity index (χ0n) is 15.7. The van der Waals surface area contributed by atoms with Crippen LogP contribution in [0.4, 0.5) is 11.8 Å². The number of rotatable bonds is 4. The largest absolute Gasteiger partial charge is 0.465 e. The Kier molecular flexibility index (Phi) is 5.09. The van der Waals surface area contributed by atoms with Gasteiger partial charge in [0.2, 0.25) is 11.9 Å². The zero-order valence-corrected chi connectivity index (χ0v) is 15.7. The second-order valence-electron chi connectivity index (χ2n) is 7.02. The van der Waals surface area contributed by atoms with E-state index in [0.29, 0.717) is 18.8 Å². The average molecular weight is 367 g/mol. The van der Waals surface area contributed by atoms with Gasteiger partial charge in [0, 0.05) is 57.1 Å². The molecule has 1 amide bonds. The van der Waals surface area contributed by atoms with Crippen LogP contribution in [0.2, 0.25) is 0 Å². The van der Waals surface area contributed by atoms with E-state index < -0.39 is 0 Å². The van der Waals surface area contributed by atoms with Crippen LogP contribution in [0.25, 0.3) is 6.08 Å². The molecule has 0 radical (unpaired) electrons. The van der Waals surface area contributed by atoms with Gasteiger partial charge >= 0.3 is 0 Å². The summed E-state index contributed by atoms with van der Waals surface area (Å²) in [5.41, 5.74) is 0.988. The Balaban J connectivity index is 1.38. The first-order chi connectivity index (χ1) is 13.2. The van der Waals surface area contributed by atoms with Crippen LogP contribution in [0.1, 0.15) is 24.3 Å². The molecular formula is C20H25N5O2. The molecule has 2 aliphatic rings. The van der Waals surface area contributed by atoms with Crippen molar-refractivity contribution >= 4 is 23.7 Å². The second kappa shape index (κ2) is 7.82. The van der Waals surface area contributed by atoms with Gasteiger partial charge in [-0.05, 0) is 38.0 Å². The Hall–Kier alpha value is -2.83. The lowest BCUT2D eigenvalue weighted by Crippen LogP contribution is -2.49. The minimum atomic E-state index is 0.00830. The van der Waals surface area contributed by atoms with Crippen LogP contribution in [-0.2, 0) is 4.79 Å². The topological polar surface area (TPSA) is 65.7 Å². The van der Waals surface area contributed by atoms with Gasteiger partial charge in [0.05, 0.1) is 6.26 Å². The van der Waals surface area contributed by atoms with Gasteiger partial charge in [-0.15, -0.1) is 0 Å². The van der Waals surface area contributed by atoms with Gasteiger partial charge in [-0.3, -0.25) is 4.79 Å². The molecule has 2 aromatic rings. The Morgan fingerprint density at radius 2 is 1.85 bits per heavy atom. The van der Waals surface area contributed by atoms with E-state index in [4.69, 9.17) is 9.40 Å². The Morgan fingerprint density at radius 3 is 2.56 bits per heavy atom. The summed E-state index contributed by atoms with van der Waals surface area (Å²) in [5, 5.41) is 0. The summed E-state index contributed by atoms with van der Waals surface area (Å²) in [6, 6.07) is 5.70. The lowest BCUT2D eigenvalue weighted by Gasteiger charge is -2.34. The highest BCUT2D eigenvalue weighted by Crippen LogP contribution is 2.22. The van der Waals surface area contributed by atoms with Crippen molar-refractivity contribution in [2.24, 2.45) is 0 Å². The zero-order chi connectivity index (χ0) is 18.6. The quantitative estimate of drug-likeness (QED) is 0.773. The summed E-state index contributed by atoms with van der Waals surface area (Å²) in [6.07, 6.45) is 7.33. The van der Waals surface area contributed by atoms with Crippen LogP contribution in [0, 0.1) is 6.92 Å². The van der Waals surface area contributed by atoms with Crippen molar-refractivity contribution in [3.05, 3.63) is 42.0 Å². The average Bonchev–Trinajstić information content (AvgIpc) is 3.39. The third-order valence-corrected chi connectivity index (χ3v) is 5.07. The first kappa shape index (κ1) is 17.6. The van der Waals surface area contributed by atoms with Crippen molar-refractivity contribution in [1.29, 1.82) is 0 Å². The van der Waals surface area contributed by atoms with E-state index in [0.717, 1.165) is 43.6 Å². The molecule has 2 aromatic heterocycles. The van der Waals surface area contributed by atoms with E-state index in [1.54, 1.807) is 24.5 Å². The maximum Gasteiger partial charge on any atom is 0.246 e. The number of nitrogens with zero attached hydrogens (tertiary/aromatic N) is 5. The van der Waals surface area contributed by atoms with Gasteiger partial charge in [0.15, 0.2) is 0 Å². The molecule has 0 aromatic carbocycles. The number of aromatic nitrogens is 2. The van der Waals surface area contributed by atoms with Crippen LogP contribution in [-0.4, -0.2) is 60.0 Å². The van der Waals surface area contributed by atoms with E-state index in [-0.39, 0.29) is 5.91 Å². The van der Waals surface area contributed by atoms with Crippen molar-refractivity contribution in [3.63, 3.8) is 0 Å². The fourth-order valence-electron chi connectivity index (χ4n) is 3.56. The molecule has 0 saturated carbocycles. The van der Waals surface area contributed by atoms with Gasteiger partial charge in [-0.25, -0.2) is 4.98 Å². The summed E-state index contributed by atoms with van der Waals surface area (Å²) >= 11 is 0. The van der Waals surface area contributed by atoms with Gasteiger partial charge < -0.3 is 19.1 Å². The van der Waals surface area contributed by atoms with Gasteiger partial charge in [-0.2, -0.15) is 4.98 Å². The second-order valence-corrected chi connectivity index (χ2v) is 7.02. The summed E-state index contributed by atoms with van der Waals surface area (Å²) in [5.74, 6) is 2.49. The molecule has 4 heterocycles. The molecule has 142 valence electrons. The lowest BCUT2D eigenvalue weighted by molar-refractivity contribution is -0.126. The van der Waals surface area contributed by atoms with Crippen LogP contribution >= 0.6 is 0 Å². The molecule has 0 aliphatic carbocycles. The van der Waals surface area contributed by atoms with Gasteiger partial charge in [0.1, 0.15) is 11.6 Å². The van der Waals surface area contributed by atoms with Crippen molar-refractivity contribution < 1.29 is 9.21 Å². The third kappa shape index (κ3) is 4.13. The van der Waals surface area contributed by atoms with Crippen molar-refractivity contribution in [3.8, 4) is 0 Å². The smallest absolute Gasteiger partial charge is 0.246 e. The summed E-state index contributed by atoms with van der Waals surface area (Å²) in [7, 11) is 0. The first-order valence-corrected chi connectivity index (χ1v) is 9.55. The molecule has 0 spiro atoms. The van der Waals surface area contributed by atoms with Crippen LogP contribution in [0.5, 0.6) is 0 Å². The maximum absolute atomic E-state index is 12.4. The summed E-state index contributed by atoms with van der Waals surface area (Å²) < 4.78 is 5.22. The number of hydrogen-bond donors (Lipinski definition) is 0. The summed E-state index contributed by atoms with van der Waals surface area (Å²) in [4.78, 5) is 28.1. The SMILES string of the molecule is Cc1cc(N2CCCC2)nc(N2CCN(C(=O)/C=C/c3ccco3)CC2)n1. The van der Waals surface area contributed by atoms with Crippen LogP contribution < -0.4 is 9.80 Å². The molecule has 27 heavy (non-hydrogen) atoms. The number of aryl methyl sites for hydroxylation is 1. The van der Waals surface area contributed by atoms with E-state index in [1.165, 1.54) is 12.8 Å². The molecule has 2 fully saturated rings. The molecule has 0 unspecified atom stereocenters. The van der Waals surface area contributed by atoms with E-state index in [2.05, 4.69) is 20.9 Å². The molecular weight excluding hydrogens is 342 g/mol. The van der Waals surface area contributed by atoms with Gasteiger partial charge in [0.25, 0.3) is 0 Å². The summed E-state index contributed by atoms with van der Waals surface area (Å²) in [6.45, 7) is 6.96. The highest BCUT2D eigenvalue weighted by Gasteiger charge is 2.23. The van der Waals surface area contributed by atoms with E-state index in [9.17, 15) is 4.79 Å². The normalized spacial score (nSPS) is 17.9. The third-order valence-electron chi connectivity index (χ3n) is 5.07. The van der Waals surface area contributed by atoms with E-state index in [1.807, 2.05) is 17.9 Å². The lowest BCUT2D eigenvalue weighted by atomic mass is 10.3. The maximum atomic E-state index is 12.4. The molecule has 4 rings (SSSR count).